The van der Waals surface area contributed by atoms with E-state index in [1.807, 2.05) is 43.3 Å². The Morgan fingerprint density at radius 3 is 2.71 bits per heavy atom. The van der Waals surface area contributed by atoms with Gasteiger partial charge in [0.1, 0.15) is 11.4 Å². The number of H-pyrrole nitrogens is 1. The Hall–Kier alpha value is -3.22. The van der Waals surface area contributed by atoms with E-state index in [9.17, 15) is 4.79 Å². The van der Waals surface area contributed by atoms with Gasteiger partial charge in [-0.15, -0.1) is 5.10 Å². The van der Waals surface area contributed by atoms with Gasteiger partial charge in [-0.2, -0.15) is 4.98 Å². The van der Waals surface area contributed by atoms with Crippen LogP contribution in [0.5, 0.6) is 5.75 Å². The molecule has 122 valence electrons. The summed E-state index contributed by atoms with van der Waals surface area (Å²) in [5.74, 6) is 0.965. The maximum absolute atomic E-state index is 12.2. The molecule has 0 fully saturated rings. The first-order valence-corrected chi connectivity index (χ1v) is 7.50. The van der Waals surface area contributed by atoms with Crippen molar-refractivity contribution in [2.24, 2.45) is 0 Å². The number of aromatic amines is 1. The van der Waals surface area contributed by atoms with Crippen molar-refractivity contribution in [3.8, 4) is 17.3 Å². The molecule has 2 heterocycles. The molecule has 1 unspecified atom stereocenters. The van der Waals surface area contributed by atoms with E-state index in [-0.39, 0.29) is 11.9 Å². The molecule has 2 N–H and O–H groups in total. The average Bonchev–Trinajstić information content (AvgIpc) is 3.06. The summed E-state index contributed by atoms with van der Waals surface area (Å²) in [4.78, 5) is 20.6. The van der Waals surface area contributed by atoms with Crippen LogP contribution in [-0.2, 0) is 4.79 Å². The van der Waals surface area contributed by atoms with Crippen LogP contribution in [0, 0.1) is 6.92 Å². The summed E-state index contributed by atoms with van der Waals surface area (Å²) in [6.45, 7) is 3.66. The second-order valence-electron chi connectivity index (χ2n) is 5.28. The Morgan fingerprint density at radius 2 is 2.00 bits per heavy atom. The zero-order valence-corrected chi connectivity index (χ0v) is 13.4. The largest absolute Gasteiger partial charge is 0.481 e. The molecule has 1 aromatic carbocycles. The maximum atomic E-state index is 12.2. The number of hydrogen-bond acceptors (Lipinski definition) is 5. The molecule has 0 spiro atoms. The molecule has 0 bridgehead atoms. The molecule has 2 aromatic heterocycles. The molecule has 3 aromatic rings. The SMILES string of the molecule is Cc1ccc(OC(C)C(=O)Nc2n[nH]c(-c3ccccn3)n2)cc1. The van der Waals surface area contributed by atoms with Crippen LogP contribution in [0.4, 0.5) is 5.95 Å². The molecule has 0 radical (unpaired) electrons. The van der Waals surface area contributed by atoms with Crippen LogP contribution in [-0.4, -0.2) is 32.2 Å². The van der Waals surface area contributed by atoms with Crippen molar-refractivity contribution in [3.05, 3.63) is 54.2 Å². The van der Waals surface area contributed by atoms with Crippen molar-refractivity contribution >= 4 is 11.9 Å². The number of anilines is 1. The Morgan fingerprint density at radius 1 is 1.21 bits per heavy atom. The second-order valence-corrected chi connectivity index (χ2v) is 5.28. The van der Waals surface area contributed by atoms with Crippen molar-refractivity contribution in [1.82, 2.24) is 20.2 Å². The van der Waals surface area contributed by atoms with Crippen LogP contribution < -0.4 is 10.1 Å². The molecule has 0 aliphatic carbocycles. The highest BCUT2D eigenvalue weighted by atomic mass is 16.5. The summed E-state index contributed by atoms with van der Waals surface area (Å²) in [7, 11) is 0. The zero-order valence-electron chi connectivity index (χ0n) is 13.4. The Kier molecular flexibility index (Phi) is 4.51. The lowest BCUT2D eigenvalue weighted by Crippen LogP contribution is -2.30. The molecule has 1 amide bonds. The minimum Gasteiger partial charge on any atom is -0.481 e. The number of rotatable bonds is 5. The van der Waals surface area contributed by atoms with Gasteiger partial charge in [-0.1, -0.05) is 23.8 Å². The van der Waals surface area contributed by atoms with Gasteiger partial charge >= 0.3 is 0 Å². The minimum absolute atomic E-state index is 0.181. The monoisotopic (exact) mass is 323 g/mol. The third-order valence-electron chi connectivity index (χ3n) is 3.33. The van der Waals surface area contributed by atoms with Crippen molar-refractivity contribution in [2.75, 3.05) is 5.32 Å². The smallest absolute Gasteiger partial charge is 0.267 e. The van der Waals surface area contributed by atoms with Gasteiger partial charge in [0.05, 0.1) is 0 Å². The van der Waals surface area contributed by atoms with Crippen molar-refractivity contribution in [3.63, 3.8) is 0 Å². The first-order valence-electron chi connectivity index (χ1n) is 7.50. The predicted octanol–water partition coefficient (Wildman–Crippen LogP) is 2.58. The molecule has 0 saturated carbocycles. The fourth-order valence-corrected chi connectivity index (χ4v) is 2.02. The summed E-state index contributed by atoms with van der Waals surface area (Å²) in [5, 5.41) is 9.33. The summed E-state index contributed by atoms with van der Waals surface area (Å²) >= 11 is 0. The van der Waals surface area contributed by atoms with Gasteiger partial charge in [-0.05, 0) is 38.1 Å². The average molecular weight is 323 g/mol. The third kappa shape index (κ3) is 3.75. The number of aryl methyl sites for hydroxylation is 1. The van der Waals surface area contributed by atoms with Gasteiger partial charge in [0.25, 0.3) is 5.91 Å². The van der Waals surface area contributed by atoms with Gasteiger partial charge in [-0.3, -0.25) is 20.2 Å². The Balaban J connectivity index is 1.62. The quantitative estimate of drug-likeness (QED) is 0.753. The van der Waals surface area contributed by atoms with Crippen LogP contribution in [0.1, 0.15) is 12.5 Å². The van der Waals surface area contributed by atoms with Crippen LogP contribution in [0.2, 0.25) is 0 Å². The standard InChI is InChI=1S/C17H17N5O2/c1-11-6-8-13(9-7-11)24-12(2)16(23)20-17-19-15(21-22-17)14-5-3-4-10-18-14/h3-10,12H,1-2H3,(H2,19,20,21,22,23). The number of carbonyl (C=O) groups excluding carboxylic acids is 1. The number of pyridine rings is 1. The number of aromatic nitrogens is 4. The van der Waals surface area contributed by atoms with Crippen molar-refractivity contribution < 1.29 is 9.53 Å². The Labute approximate surface area is 139 Å². The summed E-state index contributed by atoms with van der Waals surface area (Å²) in [6, 6.07) is 13.0. The molecular formula is C17H17N5O2. The van der Waals surface area contributed by atoms with Crippen LogP contribution in [0.3, 0.4) is 0 Å². The van der Waals surface area contributed by atoms with E-state index in [0.29, 0.717) is 17.3 Å². The molecule has 7 nitrogen and oxygen atoms in total. The number of nitrogens with zero attached hydrogens (tertiary/aromatic N) is 3. The highest BCUT2D eigenvalue weighted by Gasteiger charge is 2.17. The van der Waals surface area contributed by atoms with E-state index in [4.69, 9.17) is 4.74 Å². The molecule has 0 saturated heterocycles. The van der Waals surface area contributed by atoms with Crippen molar-refractivity contribution in [1.29, 1.82) is 0 Å². The van der Waals surface area contributed by atoms with Gasteiger partial charge in [-0.25, -0.2) is 0 Å². The topological polar surface area (TPSA) is 92.8 Å². The normalized spacial score (nSPS) is 11.8. The molecule has 24 heavy (non-hydrogen) atoms. The van der Waals surface area contributed by atoms with E-state index < -0.39 is 6.10 Å². The number of amides is 1. The zero-order chi connectivity index (χ0) is 16.9. The summed E-state index contributed by atoms with van der Waals surface area (Å²) in [5.41, 5.74) is 1.77. The first-order chi connectivity index (χ1) is 11.6. The number of nitrogens with one attached hydrogen (secondary N) is 2. The molecular weight excluding hydrogens is 306 g/mol. The lowest BCUT2D eigenvalue weighted by atomic mass is 10.2. The summed E-state index contributed by atoms with van der Waals surface area (Å²) < 4.78 is 5.60. The number of hydrogen-bond donors (Lipinski definition) is 2. The lowest BCUT2D eigenvalue weighted by molar-refractivity contribution is -0.122. The van der Waals surface area contributed by atoms with E-state index in [1.165, 1.54) is 0 Å². The highest BCUT2D eigenvalue weighted by Crippen LogP contribution is 2.15. The fourth-order valence-electron chi connectivity index (χ4n) is 2.02. The molecule has 7 heteroatoms. The minimum atomic E-state index is -0.676. The van der Waals surface area contributed by atoms with Crippen LogP contribution in [0.25, 0.3) is 11.5 Å². The van der Waals surface area contributed by atoms with Gasteiger partial charge in [0.15, 0.2) is 11.9 Å². The molecule has 0 aliphatic rings. The molecule has 1 atom stereocenters. The number of ether oxygens (including phenoxy) is 1. The van der Waals surface area contributed by atoms with E-state index >= 15 is 0 Å². The molecule has 3 rings (SSSR count). The van der Waals surface area contributed by atoms with E-state index in [1.54, 1.807) is 19.2 Å². The van der Waals surface area contributed by atoms with Gasteiger partial charge < -0.3 is 4.74 Å². The molecule has 0 aliphatic heterocycles. The second kappa shape index (κ2) is 6.91. The summed E-state index contributed by atoms with van der Waals surface area (Å²) in [6.07, 6.45) is 0.984. The van der Waals surface area contributed by atoms with Crippen LogP contribution in [0.15, 0.2) is 48.7 Å². The third-order valence-corrected chi connectivity index (χ3v) is 3.33. The predicted molar refractivity (Wildman–Crippen MR) is 89.5 cm³/mol. The Bertz CT molecular complexity index is 815. The van der Waals surface area contributed by atoms with Gasteiger partial charge in [0, 0.05) is 6.20 Å². The van der Waals surface area contributed by atoms with E-state index in [0.717, 1.165) is 5.56 Å². The fraction of sp³-hybridized carbons (Fsp3) is 0.176. The van der Waals surface area contributed by atoms with Crippen LogP contribution >= 0.6 is 0 Å². The maximum Gasteiger partial charge on any atom is 0.267 e. The number of benzene rings is 1. The lowest BCUT2D eigenvalue weighted by Gasteiger charge is -2.13. The van der Waals surface area contributed by atoms with Crippen molar-refractivity contribution in [2.45, 2.75) is 20.0 Å². The number of carbonyl (C=O) groups is 1. The highest BCUT2D eigenvalue weighted by molar-refractivity contribution is 5.92. The first kappa shape index (κ1) is 15.7. The van der Waals surface area contributed by atoms with E-state index in [2.05, 4.69) is 25.5 Å². The van der Waals surface area contributed by atoms with Gasteiger partial charge in [0.2, 0.25) is 5.95 Å².